The van der Waals surface area contributed by atoms with E-state index in [4.69, 9.17) is 11.5 Å². The number of nitrogens with one attached hydrogen (secondary N) is 1. The lowest BCUT2D eigenvalue weighted by Crippen LogP contribution is -2.29. The molecule has 6 N–H and O–H groups in total. The first-order valence-electron chi connectivity index (χ1n) is 7.33. The highest BCUT2D eigenvalue weighted by Crippen LogP contribution is 2.39. The lowest BCUT2D eigenvalue weighted by atomic mass is 9.89. The summed E-state index contributed by atoms with van der Waals surface area (Å²) in [5.41, 5.74) is 12.8. The van der Waals surface area contributed by atoms with Gasteiger partial charge >= 0.3 is 0 Å². The molecule has 1 fully saturated rings. The Kier molecular flexibility index (Phi) is 3.85. The molecule has 0 amide bonds. The molecule has 1 saturated heterocycles. The van der Waals surface area contributed by atoms with Gasteiger partial charge in [0.05, 0.1) is 5.69 Å². The molecule has 1 aromatic carbocycles. The van der Waals surface area contributed by atoms with Gasteiger partial charge in [-0.3, -0.25) is 0 Å². The molecule has 0 radical (unpaired) electrons. The standard InChI is InChI=1S/C16H19FN4O/c17-13-12(9-4-3-7-20-8-9)14(18)16(19)21-15(13)10-5-1-2-6-11(10)22/h1-2,5-6,9,20,22H,3-4,7-8,18H2,(H2,19,21). The highest BCUT2D eigenvalue weighted by Gasteiger charge is 2.26. The maximum absolute atomic E-state index is 15.0. The van der Waals surface area contributed by atoms with Gasteiger partial charge in [-0.25, -0.2) is 9.37 Å². The van der Waals surface area contributed by atoms with E-state index < -0.39 is 5.82 Å². The number of pyridine rings is 1. The van der Waals surface area contributed by atoms with E-state index in [1.54, 1.807) is 18.2 Å². The quantitative estimate of drug-likeness (QED) is 0.682. The number of nitrogen functional groups attached to an aromatic ring is 2. The zero-order chi connectivity index (χ0) is 15.7. The molecule has 116 valence electrons. The third-order valence-corrected chi connectivity index (χ3v) is 4.11. The van der Waals surface area contributed by atoms with Crippen LogP contribution in [0.4, 0.5) is 15.9 Å². The second kappa shape index (κ2) is 5.81. The maximum atomic E-state index is 15.0. The number of aromatic nitrogens is 1. The molecule has 2 heterocycles. The van der Waals surface area contributed by atoms with Crippen LogP contribution < -0.4 is 16.8 Å². The average Bonchev–Trinajstić information content (AvgIpc) is 2.53. The zero-order valence-corrected chi connectivity index (χ0v) is 12.1. The normalized spacial score (nSPS) is 18.3. The van der Waals surface area contributed by atoms with Gasteiger partial charge in [0.15, 0.2) is 5.82 Å². The van der Waals surface area contributed by atoms with Crippen molar-refractivity contribution in [2.45, 2.75) is 18.8 Å². The lowest BCUT2D eigenvalue weighted by Gasteiger charge is -2.26. The molecule has 1 aliphatic rings. The number of hydrogen-bond acceptors (Lipinski definition) is 5. The summed E-state index contributed by atoms with van der Waals surface area (Å²) in [6.07, 6.45) is 1.80. The van der Waals surface area contributed by atoms with Crippen LogP contribution in [0.15, 0.2) is 24.3 Å². The number of piperidine rings is 1. The predicted molar refractivity (Wildman–Crippen MR) is 85.0 cm³/mol. The fourth-order valence-corrected chi connectivity index (χ4v) is 2.96. The SMILES string of the molecule is Nc1nc(-c2ccccc2O)c(F)c(C2CCCNC2)c1N. The summed E-state index contributed by atoms with van der Waals surface area (Å²) in [7, 11) is 0. The Morgan fingerprint density at radius 1 is 1.27 bits per heavy atom. The van der Waals surface area contributed by atoms with E-state index in [2.05, 4.69) is 10.3 Å². The Labute approximate surface area is 128 Å². The molecule has 0 saturated carbocycles. The molecule has 0 spiro atoms. The van der Waals surface area contributed by atoms with Crippen molar-refractivity contribution in [2.75, 3.05) is 24.6 Å². The van der Waals surface area contributed by atoms with Crippen LogP contribution in [0.25, 0.3) is 11.3 Å². The minimum Gasteiger partial charge on any atom is -0.507 e. The number of anilines is 2. The smallest absolute Gasteiger partial charge is 0.155 e. The van der Waals surface area contributed by atoms with Crippen molar-refractivity contribution in [3.8, 4) is 17.0 Å². The first-order chi connectivity index (χ1) is 10.6. The van der Waals surface area contributed by atoms with E-state index in [0.717, 1.165) is 19.4 Å². The summed E-state index contributed by atoms with van der Waals surface area (Å²) in [5, 5.41) is 13.2. The first kappa shape index (κ1) is 14.6. The molecule has 1 aliphatic heterocycles. The summed E-state index contributed by atoms with van der Waals surface area (Å²) in [6.45, 7) is 1.58. The highest BCUT2D eigenvalue weighted by molar-refractivity contribution is 5.75. The van der Waals surface area contributed by atoms with E-state index >= 15 is 4.39 Å². The first-order valence-corrected chi connectivity index (χ1v) is 7.33. The molecule has 3 rings (SSSR count). The average molecular weight is 302 g/mol. The van der Waals surface area contributed by atoms with E-state index in [9.17, 15) is 5.11 Å². The summed E-state index contributed by atoms with van der Waals surface area (Å²) < 4.78 is 15.0. The fraction of sp³-hybridized carbons (Fsp3) is 0.312. The van der Waals surface area contributed by atoms with Crippen molar-refractivity contribution in [3.63, 3.8) is 0 Å². The van der Waals surface area contributed by atoms with Crippen molar-refractivity contribution in [3.05, 3.63) is 35.6 Å². The Hall–Kier alpha value is -2.34. The number of hydrogen-bond donors (Lipinski definition) is 4. The lowest BCUT2D eigenvalue weighted by molar-refractivity contribution is 0.447. The van der Waals surface area contributed by atoms with Crippen LogP contribution in [0.3, 0.4) is 0 Å². The molecule has 1 unspecified atom stereocenters. The van der Waals surface area contributed by atoms with E-state index in [0.29, 0.717) is 17.7 Å². The molecule has 5 nitrogen and oxygen atoms in total. The van der Waals surface area contributed by atoms with Crippen LogP contribution >= 0.6 is 0 Å². The van der Waals surface area contributed by atoms with Crippen molar-refractivity contribution in [1.29, 1.82) is 0 Å². The van der Waals surface area contributed by atoms with Gasteiger partial charge < -0.3 is 21.9 Å². The number of aromatic hydroxyl groups is 1. The number of nitrogens with two attached hydrogens (primary N) is 2. The third-order valence-electron chi connectivity index (χ3n) is 4.11. The third kappa shape index (κ3) is 2.46. The number of para-hydroxylation sites is 1. The van der Waals surface area contributed by atoms with Crippen LogP contribution in [0.5, 0.6) is 5.75 Å². The summed E-state index contributed by atoms with van der Waals surface area (Å²) >= 11 is 0. The Balaban J connectivity index is 2.17. The van der Waals surface area contributed by atoms with Gasteiger partial charge in [-0.2, -0.15) is 0 Å². The van der Waals surface area contributed by atoms with E-state index in [1.165, 1.54) is 6.07 Å². The van der Waals surface area contributed by atoms with Gasteiger partial charge in [0.1, 0.15) is 17.3 Å². The molecule has 1 aromatic heterocycles. The Bertz CT molecular complexity index is 699. The van der Waals surface area contributed by atoms with Crippen LogP contribution in [0.2, 0.25) is 0 Å². The molecule has 22 heavy (non-hydrogen) atoms. The molecule has 1 atom stereocenters. The predicted octanol–water partition coefficient (Wildman–Crippen LogP) is 2.22. The molecular formula is C16H19FN4O. The molecule has 0 bridgehead atoms. The largest absolute Gasteiger partial charge is 0.507 e. The van der Waals surface area contributed by atoms with Crippen molar-refractivity contribution >= 4 is 11.5 Å². The van der Waals surface area contributed by atoms with Gasteiger partial charge in [0, 0.05) is 23.6 Å². The minimum absolute atomic E-state index is 0.0363. The van der Waals surface area contributed by atoms with Gasteiger partial charge in [-0.05, 0) is 31.5 Å². The van der Waals surface area contributed by atoms with Crippen LogP contribution in [0, 0.1) is 5.82 Å². The summed E-state index contributed by atoms with van der Waals surface area (Å²) in [4.78, 5) is 4.06. The van der Waals surface area contributed by atoms with Gasteiger partial charge in [-0.15, -0.1) is 0 Å². The van der Waals surface area contributed by atoms with Crippen LogP contribution in [-0.4, -0.2) is 23.2 Å². The number of phenols is 1. The molecule has 0 aliphatic carbocycles. The second-order valence-electron chi connectivity index (χ2n) is 5.55. The van der Waals surface area contributed by atoms with E-state index in [1.807, 2.05) is 0 Å². The Morgan fingerprint density at radius 2 is 2.05 bits per heavy atom. The fourth-order valence-electron chi connectivity index (χ4n) is 2.96. The monoisotopic (exact) mass is 302 g/mol. The van der Waals surface area contributed by atoms with Crippen molar-refractivity contribution in [2.24, 2.45) is 0 Å². The van der Waals surface area contributed by atoms with Gasteiger partial charge in [0.25, 0.3) is 0 Å². The van der Waals surface area contributed by atoms with Gasteiger partial charge in [0.2, 0.25) is 0 Å². The highest BCUT2D eigenvalue weighted by atomic mass is 19.1. The van der Waals surface area contributed by atoms with Crippen LogP contribution in [0.1, 0.15) is 24.3 Å². The number of phenolic OH excluding ortho intramolecular Hbond substituents is 1. The molecular weight excluding hydrogens is 283 g/mol. The summed E-state index contributed by atoms with van der Waals surface area (Å²) in [5.74, 6) is -0.475. The van der Waals surface area contributed by atoms with Crippen molar-refractivity contribution in [1.82, 2.24) is 10.3 Å². The minimum atomic E-state index is -0.498. The van der Waals surface area contributed by atoms with Gasteiger partial charge in [-0.1, -0.05) is 12.1 Å². The number of rotatable bonds is 2. The zero-order valence-electron chi connectivity index (χ0n) is 12.1. The molecule has 2 aromatic rings. The Morgan fingerprint density at radius 3 is 2.73 bits per heavy atom. The number of benzene rings is 1. The number of nitrogens with zero attached hydrogens (tertiary/aromatic N) is 1. The molecule has 6 heteroatoms. The summed E-state index contributed by atoms with van der Waals surface area (Å²) in [6, 6.07) is 6.48. The number of halogens is 1. The topological polar surface area (TPSA) is 97.2 Å². The van der Waals surface area contributed by atoms with Crippen molar-refractivity contribution < 1.29 is 9.50 Å². The maximum Gasteiger partial charge on any atom is 0.155 e. The second-order valence-corrected chi connectivity index (χ2v) is 5.55. The van der Waals surface area contributed by atoms with Crippen LogP contribution in [-0.2, 0) is 0 Å². The van der Waals surface area contributed by atoms with E-state index in [-0.39, 0.29) is 28.9 Å².